The van der Waals surface area contributed by atoms with Crippen molar-refractivity contribution in [1.29, 1.82) is 0 Å². The van der Waals surface area contributed by atoms with Crippen LogP contribution in [0.25, 0.3) is 0 Å². The van der Waals surface area contributed by atoms with Gasteiger partial charge in [0.05, 0.1) is 13.0 Å². The van der Waals surface area contributed by atoms with Gasteiger partial charge in [-0.15, -0.1) is 0 Å². The van der Waals surface area contributed by atoms with Crippen molar-refractivity contribution in [3.8, 4) is 0 Å². The molecule has 54 valence electrons. The molecule has 2 heteroatoms. The molecular formula is C8H10O2. The summed E-state index contributed by atoms with van der Waals surface area (Å²) in [4.78, 5) is 10.9. The summed E-state index contributed by atoms with van der Waals surface area (Å²) in [5, 5.41) is 0. The standard InChI is InChI=1S/C8H10O2/c1-10-8(9)7-5-3-2-4-6(5)7/h2-3,5-7H,4H2,1H3. The normalized spacial score (nSPS) is 41.1. The van der Waals surface area contributed by atoms with Gasteiger partial charge in [-0.25, -0.2) is 0 Å². The van der Waals surface area contributed by atoms with Crippen LogP contribution in [0.1, 0.15) is 6.42 Å². The van der Waals surface area contributed by atoms with Crippen molar-refractivity contribution in [3.05, 3.63) is 12.2 Å². The first kappa shape index (κ1) is 5.96. The summed E-state index contributed by atoms with van der Waals surface area (Å²) in [5.74, 6) is 1.29. The number of hydrogen-bond donors (Lipinski definition) is 0. The molecule has 3 unspecified atom stereocenters. The Labute approximate surface area is 59.9 Å². The average Bonchev–Trinajstić information content (AvgIpc) is 2.43. The van der Waals surface area contributed by atoms with E-state index in [1.807, 2.05) is 0 Å². The van der Waals surface area contributed by atoms with Crippen LogP contribution in [0.15, 0.2) is 12.2 Å². The highest BCUT2D eigenvalue weighted by Gasteiger charge is 2.55. The fraction of sp³-hybridized carbons (Fsp3) is 0.625. The van der Waals surface area contributed by atoms with Crippen LogP contribution in [0.2, 0.25) is 0 Å². The minimum Gasteiger partial charge on any atom is -0.469 e. The number of fused-ring (bicyclic) bond motifs is 1. The van der Waals surface area contributed by atoms with Gasteiger partial charge in [0, 0.05) is 0 Å². The van der Waals surface area contributed by atoms with Crippen LogP contribution in [0.3, 0.4) is 0 Å². The summed E-state index contributed by atoms with van der Waals surface area (Å²) >= 11 is 0. The van der Waals surface area contributed by atoms with Crippen molar-refractivity contribution < 1.29 is 9.53 Å². The first-order valence-corrected chi connectivity index (χ1v) is 3.59. The fourth-order valence-corrected chi connectivity index (χ4v) is 1.83. The van der Waals surface area contributed by atoms with Crippen LogP contribution < -0.4 is 0 Å². The van der Waals surface area contributed by atoms with Crippen molar-refractivity contribution in [2.45, 2.75) is 6.42 Å². The lowest BCUT2D eigenvalue weighted by molar-refractivity contribution is -0.142. The molecular weight excluding hydrogens is 128 g/mol. The van der Waals surface area contributed by atoms with E-state index in [1.54, 1.807) is 0 Å². The molecule has 0 aromatic heterocycles. The van der Waals surface area contributed by atoms with E-state index in [-0.39, 0.29) is 11.9 Å². The SMILES string of the molecule is COC(=O)C1C2C=CCC21. The molecule has 0 radical (unpaired) electrons. The summed E-state index contributed by atoms with van der Waals surface area (Å²) in [7, 11) is 1.46. The third kappa shape index (κ3) is 0.618. The third-order valence-corrected chi connectivity index (χ3v) is 2.47. The summed E-state index contributed by atoms with van der Waals surface area (Å²) in [6, 6.07) is 0. The molecule has 2 aliphatic rings. The molecule has 0 heterocycles. The maximum Gasteiger partial charge on any atom is 0.309 e. The van der Waals surface area contributed by atoms with Crippen molar-refractivity contribution in [2.24, 2.45) is 17.8 Å². The average molecular weight is 138 g/mol. The highest BCUT2D eigenvalue weighted by molar-refractivity contribution is 5.77. The van der Waals surface area contributed by atoms with Crippen LogP contribution in [0.5, 0.6) is 0 Å². The van der Waals surface area contributed by atoms with E-state index in [1.165, 1.54) is 7.11 Å². The molecule has 1 fully saturated rings. The van der Waals surface area contributed by atoms with Crippen molar-refractivity contribution in [3.63, 3.8) is 0 Å². The molecule has 0 saturated heterocycles. The molecule has 0 aromatic carbocycles. The topological polar surface area (TPSA) is 26.3 Å². The summed E-state index contributed by atoms with van der Waals surface area (Å²) in [5.41, 5.74) is 0. The van der Waals surface area contributed by atoms with E-state index < -0.39 is 0 Å². The minimum absolute atomic E-state index is 0.0284. The predicted molar refractivity (Wildman–Crippen MR) is 36.2 cm³/mol. The maximum absolute atomic E-state index is 10.9. The quantitative estimate of drug-likeness (QED) is 0.399. The second kappa shape index (κ2) is 1.84. The number of hydrogen-bond acceptors (Lipinski definition) is 2. The van der Waals surface area contributed by atoms with E-state index in [0.717, 1.165) is 6.42 Å². The number of ether oxygens (including phenoxy) is 1. The second-order valence-electron chi connectivity index (χ2n) is 2.95. The van der Waals surface area contributed by atoms with Gasteiger partial charge in [-0.05, 0) is 18.3 Å². The molecule has 2 aliphatic carbocycles. The van der Waals surface area contributed by atoms with Gasteiger partial charge in [0.25, 0.3) is 0 Å². The molecule has 0 bridgehead atoms. The van der Waals surface area contributed by atoms with Gasteiger partial charge in [-0.1, -0.05) is 12.2 Å². The Morgan fingerprint density at radius 3 is 3.00 bits per heavy atom. The van der Waals surface area contributed by atoms with Gasteiger partial charge in [-0.2, -0.15) is 0 Å². The van der Waals surface area contributed by atoms with Crippen molar-refractivity contribution >= 4 is 5.97 Å². The molecule has 0 aromatic rings. The van der Waals surface area contributed by atoms with E-state index in [4.69, 9.17) is 0 Å². The Kier molecular flexibility index (Phi) is 1.10. The smallest absolute Gasteiger partial charge is 0.309 e. The Hall–Kier alpha value is -0.790. The number of allylic oxidation sites excluding steroid dienone is 2. The zero-order valence-electron chi connectivity index (χ0n) is 5.91. The van der Waals surface area contributed by atoms with Gasteiger partial charge < -0.3 is 4.74 Å². The van der Waals surface area contributed by atoms with Crippen LogP contribution in [-0.4, -0.2) is 13.1 Å². The zero-order chi connectivity index (χ0) is 7.14. The highest BCUT2D eigenvalue weighted by Crippen LogP contribution is 2.54. The Morgan fingerprint density at radius 2 is 2.50 bits per heavy atom. The lowest BCUT2D eigenvalue weighted by Gasteiger charge is -1.95. The number of carbonyl (C=O) groups is 1. The second-order valence-corrected chi connectivity index (χ2v) is 2.95. The first-order valence-electron chi connectivity index (χ1n) is 3.59. The Morgan fingerprint density at radius 1 is 1.70 bits per heavy atom. The summed E-state index contributed by atoms with van der Waals surface area (Å²) in [6.07, 6.45) is 5.35. The Balaban J connectivity index is 2.01. The number of esters is 1. The first-order chi connectivity index (χ1) is 4.84. The van der Waals surface area contributed by atoms with Crippen LogP contribution in [-0.2, 0) is 9.53 Å². The zero-order valence-corrected chi connectivity index (χ0v) is 5.91. The van der Waals surface area contributed by atoms with Crippen molar-refractivity contribution in [2.75, 3.05) is 7.11 Å². The molecule has 0 spiro atoms. The minimum atomic E-state index is -0.0284. The number of methoxy groups -OCH3 is 1. The van der Waals surface area contributed by atoms with E-state index in [0.29, 0.717) is 11.8 Å². The molecule has 0 N–H and O–H groups in total. The van der Waals surface area contributed by atoms with E-state index in [9.17, 15) is 4.79 Å². The number of rotatable bonds is 1. The molecule has 10 heavy (non-hydrogen) atoms. The summed E-state index contributed by atoms with van der Waals surface area (Å²) < 4.78 is 4.64. The van der Waals surface area contributed by atoms with Crippen LogP contribution in [0.4, 0.5) is 0 Å². The summed E-state index contributed by atoms with van der Waals surface area (Å²) in [6.45, 7) is 0. The monoisotopic (exact) mass is 138 g/mol. The van der Waals surface area contributed by atoms with Gasteiger partial charge in [-0.3, -0.25) is 4.79 Å². The van der Waals surface area contributed by atoms with Crippen LogP contribution >= 0.6 is 0 Å². The Bertz CT molecular complexity index is 195. The molecule has 1 saturated carbocycles. The fourth-order valence-electron chi connectivity index (χ4n) is 1.83. The predicted octanol–water partition coefficient (Wildman–Crippen LogP) is 0.981. The van der Waals surface area contributed by atoms with Gasteiger partial charge in [0.2, 0.25) is 0 Å². The van der Waals surface area contributed by atoms with E-state index >= 15 is 0 Å². The molecule has 0 aliphatic heterocycles. The lowest BCUT2D eigenvalue weighted by atomic mass is 10.2. The number of carbonyl (C=O) groups excluding carboxylic acids is 1. The highest BCUT2D eigenvalue weighted by atomic mass is 16.5. The maximum atomic E-state index is 10.9. The van der Waals surface area contributed by atoms with Crippen LogP contribution in [0, 0.1) is 17.8 Å². The molecule has 2 nitrogen and oxygen atoms in total. The van der Waals surface area contributed by atoms with Gasteiger partial charge in [0.15, 0.2) is 0 Å². The largest absolute Gasteiger partial charge is 0.469 e. The molecule has 2 rings (SSSR count). The molecule has 0 amide bonds. The van der Waals surface area contributed by atoms with Gasteiger partial charge in [0.1, 0.15) is 0 Å². The lowest BCUT2D eigenvalue weighted by Crippen LogP contribution is -2.05. The van der Waals surface area contributed by atoms with Gasteiger partial charge >= 0.3 is 5.97 Å². The molecule has 3 atom stereocenters. The van der Waals surface area contributed by atoms with E-state index in [2.05, 4.69) is 16.9 Å². The third-order valence-electron chi connectivity index (χ3n) is 2.47. The van der Waals surface area contributed by atoms with Crippen molar-refractivity contribution in [1.82, 2.24) is 0 Å².